The maximum Gasteiger partial charge on any atom is 0.270 e. The number of anilines is 1. The predicted molar refractivity (Wildman–Crippen MR) is 70.3 cm³/mol. The third-order valence-electron chi connectivity index (χ3n) is 2.12. The first-order valence-electron chi connectivity index (χ1n) is 6.92. The minimum Gasteiger partial charge on any atom is -0.322 e. The van der Waals surface area contributed by atoms with Gasteiger partial charge in [0.25, 0.3) is 11.6 Å². The average molecular weight is 282 g/mol. The van der Waals surface area contributed by atoms with Gasteiger partial charge in [-0.2, -0.15) is 0 Å². The molecular weight excluding hydrogens is 270 g/mol. The van der Waals surface area contributed by atoms with Gasteiger partial charge in [0.05, 0.1) is 21.0 Å². The Labute approximate surface area is 118 Å². The average Bonchev–Trinajstić information content (AvgIpc) is 2.49. The summed E-state index contributed by atoms with van der Waals surface area (Å²) in [5, 5.41) is 12.9. The standard InChI is InChI=1S/C12H8ClN3O3/c13-11-2-1-9(16(18)19)7-10(11)12(17)15-8-3-5-14-6-4-8/h1-7H,(H,14,15,17)/i3D,4D,5D,6D. The second-order valence-electron chi connectivity index (χ2n) is 3.34. The molecule has 0 aliphatic heterocycles. The van der Waals surface area contributed by atoms with Gasteiger partial charge >= 0.3 is 0 Å². The van der Waals surface area contributed by atoms with E-state index in [-0.39, 0.29) is 22.0 Å². The molecule has 0 fully saturated rings. The van der Waals surface area contributed by atoms with Gasteiger partial charge in [0.15, 0.2) is 0 Å². The van der Waals surface area contributed by atoms with Crippen LogP contribution in [0.15, 0.2) is 42.6 Å². The molecule has 0 atom stereocenters. The van der Waals surface area contributed by atoms with Gasteiger partial charge in [0.1, 0.15) is 0 Å². The molecule has 0 saturated heterocycles. The van der Waals surface area contributed by atoms with Crippen molar-refractivity contribution in [3.8, 4) is 0 Å². The number of benzene rings is 1. The van der Waals surface area contributed by atoms with Gasteiger partial charge in [-0.3, -0.25) is 19.9 Å². The van der Waals surface area contributed by atoms with Crippen LogP contribution in [0.1, 0.15) is 15.8 Å². The summed E-state index contributed by atoms with van der Waals surface area (Å²) in [6.45, 7) is 0. The molecule has 0 unspecified atom stereocenters. The highest BCUT2D eigenvalue weighted by molar-refractivity contribution is 6.34. The molecule has 1 N–H and O–H groups in total. The number of non-ortho nitro benzene ring substituents is 1. The highest BCUT2D eigenvalue weighted by Crippen LogP contribution is 2.23. The molecule has 19 heavy (non-hydrogen) atoms. The Balaban J connectivity index is 2.45. The number of nitro groups is 1. The minimum absolute atomic E-state index is 0.0580. The number of rotatable bonds is 3. The number of nitrogens with zero attached hydrogens (tertiary/aromatic N) is 2. The summed E-state index contributed by atoms with van der Waals surface area (Å²) in [4.78, 5) is 25.6. The molecule has 2 rings (SSSR count). The van der Waals surface area contributed by atoms with Crippen molar-refractivity contribution in [3.63, 3.8) is 0 Å². The quantitative estimate of drug-likeness (QED) is 0.692. The first kappa shape index (κ1) is 8.60. The van der Waals surface area contributed by atoms with Gasteiger partial charge in [-0.15, -0.1) is 0 Å². The van der Waals surface area contributed by atoms with Crippen LogP contribution in [0, 0.1) is 10.1 Å². The van der Waals surface area contributed by atoms with Crippen molar-refractivity contribution in [2.45, 2.75) is 0 Å². The molecule has 0 radical (unpaired) electrons. The molecule has 1 aromatic carbocycles. The van der Waals surface area contributed by atoms with Crippen LogP contribution in [-0.4, -0.2) is 15.8 Å². The normalized spacial score (nSPS) is 12.9. The minimum atomic E-state index is -0.897. The van der Waals surface area contributed by atoms with Crippen LogP contribution in [0.3, 0.4) is 0 Å². The number of carbonyl (C=O) groups is 1. The largest absolute Gasteiger partial charge is 0.322 e. The molecule has 1 aromatic heterocycles. The van der Waals surface area contributed by atoms with E-state index in [0.717, 1.165) is 12.1 Å². The lowest BCUT2D eigenvalue weighted by atomic mass is 10.2. The van der Waals surface area contributed by atoms with Crippen LogP contribution in [0.2, 0.25) is 5.02 Å². The Hall–Kier alpha value is -2.47. The summed E-state index contributed by atoms with van der Waals surface area (Å²) in [5.41, 5.74) is -0.967. The molecule has 0 aliphatic rings. The molecule has 0 bridgehead atoms. The number of pyridine rings is 1. The van der Waals surface area contributed by atoms with Crippen molar-refractivity contribution >= 4 is 28.9 Å². The maximum absolute atomic E-state index is 12.2. The van der Waals surface area contributed by atoms with E-state index in [1.54, 1.807) is 0 Å². The topological polar surface area (TPSA) is 85.1 Å². The van der Waals surface area contributed by atoms with Crippen LogP contribution in [-0.2, 0) is 0 Å². The summed E-state index contributed by atoms with van der Waals surface area (Å²) in [5.74, 6) is -0.897. The van der Waals surface area contributed by atoms with Gasteiger partial charge in [-0.1, -0.05) is 11.6 Å². The first-order valence-corrected chi connectivity index (χ1v) is 5.30. The van der Waals surface area contributed by atoms with Crippen molar-refractivity contribution in [2.24, 2.45) is 0 Å². The van der Waals surface area contributed by atoms with Crippen molar-refractivity contribution in [3.05, 3.63) is 63.3 Å². The molecule has 7 heteroatoms. The number of hydrogen-bond donors (Lipinski definition) is 1. The number of carbonyl (C=O) groups excluding carboxylic acids is 1. The predicted octanol–water partition coefficient (Wildman–Crippen LogP) is 2.90. The van der Waals surface area contributed by atoms with Gasteiger partial charge in [0.2, 0.25) is 0 Å². The lowest BCUT2D eigenvalue weighted by Gasteiger charge is -2.06. The summed E-state index contributed by atoms with van der Waals surface area (Å²) in [6.07, 6.45) is -1.15. The number of nitrogens with one attached hydrogen (secondary N) is 1. The van der Waals surface area contributed by atoms with Crippen molar-refractivity contribution in [1.82, 2.24) is 4.98 Å². The molecule has 1 heterocycles. The highest BCUT2D eigenvalue weighted by Gasteiger charge is 2.15. The zero-order valence-corrected chi connectivity index (χ0v) is 9.99. The summed E-state index contributed by atoms with van der Waals surface area (Å²) in [7, 11) is 0. The SMILES string of the molecule is [2H]c1nc([2H])c([2H])c(NC(=O)c2cc([N+](=O)[O-])ccc2Cl)c1[2H]. The van der Waals surface area contributed by atoms with Crippen molar-refractivity contribution < 1.29 is 15.2 Å². The van der Waals surface area contributed by atoms with Crippen LogP contribution in [0.4, 0.5) is 11.4 Å². The second-order valence-corrected chi connectivity index (χ2v) is 3.74. The Morgan fingerprint density at radius 3 is 2.74 bits per heavy atom. The lowest BCUT2D eigenvalue weighted by molar-refractivity contribution is -0.384. The fourth-order valence-electron chi connectivity index (χ4n) is 1.27. The van der Waals surface area contributed by atoms with Crippen molar-refractivity contribution in [1.29, 1.82) is 0 Å². The lowest BCUT2D eigenvalue weighted by Crippen LogP contribution is -2.12. The Morgan fingerprint density at radius 2 is 2.11 bits per heavy atom. The van der Waals surface area contributed by atoms with Gasteiger partial charge < -0.3 is 5.32 Å². The van der Waals surface area contributed by atoms with Gasteiger partial charge in [0, 0.05) is 30.2 Å². The van der Waals surface area contributed by atoms with Crippen molar-refractivity contribution in [2.75, 3.05) is 5.32 Å². The molecule has 96 valence electrons. The first-order chi connectivity index (χ1) is 10.7. The van der Waals surface area contributed by atoms with E-state index < -0.39 is 35.3 Å². The number of hydrogen-bond acceptors (Lipinski definition) is 4. The number of halogens is 1. The van der Waals surface area contributed by atoms with Gasteiger partial charge in [-0.25, -0.2) is 0 Å². The van der Waals surface area contributed by atoms with E-state index in [9.17, 15) is 14.9 Å². The molecule has 0 spiro atoms. The molecule has 6 nitrogen and oxygen atoms in total. The smallest absolute Gasteiger partial charge is 0.270 e. The number of aromatic nitrogens is 1. The zero-order chi connectivity index (χ0) is 17.3. The Morgan fingerprint density at radius 1 is 1.42 bits per heavy atom. The second kappa shape index (κ2) is 5.45. The van der Waals surface area contributed by atoms with E-state index >= 15 is 0 Å². The summed E-state index contributed by atoms with van der Waals surface area (Å²) in [6, 6.07) is 2.17. The van der Waals surface area contributed by atoms with Crippen LogP contribution in [0.5, 0.6) is 0 Å². The summed E-state index contributed by atoms with van der Waals surface area (Å²) >= 11 is 5.84. The van der Waals surface area contributed by atoms with E-state index in [1.807, 2.05) is 0 Å². The molecule has 0 saturated carbocycles. The maximum atomic E-state index is 12.2. The molecule has 0 aliphatic carbocycles. The fourth-order valence-corrected chi connectivity index (χ4v) is 1.47. The van der Waals surface area contributed by atoms with Crippen LogP contribution >= 0.6 is 11.6 Å². The van der Waals surface area contributed by atoms with E-state index in [0.29, 0.717) is 0 Å². The number of nitro benzene ring substituents is 1. The molecular formula is C12H8ClN3O3. The fraction of sp³-hybridized carbons (Fsp3) is 0. The monoisotopic (exact) mass is 281 g/mol. The van der Waals surface area contributed by atoms with Crippen LogP contribution < -0.4 is 5.32 Å². The summed E-state index contributed by atoms with van der Waals surface area (Å²) < 4.78 is 30.1. The number of amides is 1. The highest BCUT2D eigenvalue weighted by atomic mass is 35.5. The molecule has 1 amide bonds. The third-order valence-corrected chi connectivity index (χ3v) is 2.45. The van der Waals surface area contributed by atoms with E-state index in [4.69, 9.17) is 17.1 Å². The Bertz CT molecular complexity index is 805. The Kier molecular flexibility index (Phi) is 2.47. The molecule has 2 aromatic rings. The van der Waals surface area contributed by atoms with Gasteiger partial charge in [-0.05, 0) is 18.2 Å². The zero-order valence-electron chi connectivity index (χ0n) is 13.2. The van der Waals surface area contributed by atoms with E-state index in [2.05, 4.69) is 10.3 Å². The van der Waals surface area contributed by atoms with E-state index in [1.165, 1.54) is 6.07 Å². The third kappa shape index (κ3) is 3.05. The van der Waals surface area contributed by atoms with Crippen LogP contribution in [0.25, 0.3) is 0 Å².